The molecule has 2 rings (SSSR count). The number of methoxy groups -OCH3 is 2. The molecule has 0 saturated carbocycles. The Kier molecular flexibility index (Phi) is 7.03. The largest absolute Gasteiger partial charge is 0.493 e. The third-order valence-electron chi connectivity index (χ3n) is 3.66. The Hall–Kier alpha value is -2.80. The minimum absolute atomic E-state index is 0.0176. The lowest BCUT2D eigenvalue weighted by atomic mass is 10.0. The van der Waals surface area contributed by atoms with Gasteiger partial charge in [0.15, 0.2) is 17.5 Å². The molecular weight excluding hydrogens is 320 g/mol. The molecule has 0 aliphatic heterocycles. The van der Waals surface area contributed by atoms with Crippen LogP contribution < -0.4 is 20.5 Å². The number of pyridine rings is 1. The lowest BCUT2D eigenvalue weighted by molar-refractivity contribution is 0.229. The SMILES string of the molecule is COc1ccc(NC(N)=NCC(CO)Cc2ccccn2)cc1OC. The van der Waals surface area contributed by atoms with E-state index in [2.05, 4.69) is 15.3 Å². The molecule has 134 valence electrons. The van der Waals surface area contributed by atoms with E-state index in [9.17, 15) is 5.11 Å². The van der Waals surface area contributed by atoms with Crippen molar-refractivity contribution in [1.82, 2.24) is 4.98 Å². The number of anilines is 1. The predicted octanol–water partition coefficient (Wildman–Crippen LogP) is 1.68. The predicted molar refractivity (Wildman–Crippen MR) is 98.2 cm³/mol. The van der Waals surface area contributed by atoms with Crippen LogP contribution in [0.25, 0.3) is 0 Å². The second kappa shape index (κ2) is 9.48. The highest BCUT2D eigenvalue weighted by atomic mass is 16.5. The molecule has 1 unspecified atom stereocenters. The summed E-state index contributed by atoms with van der Waals surface area (Å²) < 4.78 is 10.5. The van der Waals surface area contributed by atoms with Crippen LogP contribution in [0.5, 0.6) is 11.5 Å². The Bertz CT molecular complexity index is 692. The summed E-state index contributed by atoms with van der Waals surface area (Å²) >= 11 is 0. The van der Waals surface area contributed by atoms with Crippen LogP contribution >= 0.6 is 0 Å². The van der Waals surface area contributed by atoms with Crippen molar-refractivity contribution in [3.8, 4) is 11.5 Å². The summed E-state index contributed by atoms with van der Waals surface area (Å²) in [7, 11) is 3.15. The van der Waals surface area contributed by atoms with Crippen molar-refractivity contribution in [2.75, 3.05) is 32.7 Å². The number of hydrogen-bond acceptors (Lipinski definition) is 5. The van der Waals surface area contributed by atoms with Crippen molar-refractivity contribution >= 4 is 11.6 Å². The van der Waals surface area contributed by atoms with Gasteiger partial charge < -0.3 is 25.6 Å². The van der Waals surface area contributed by atoms with Gasteiger partial charge in [-0.15, -0.1) is 0 Å². The molecule has 0 aliphatic rings. The van der Waals surface area contributed by atoms with Crippen molar-refractivity contribution in [2.24, 2.45) is 16.6 Å². The summed E-state index contributed by atoms with van der Waals surface area (Å²) in [6, 6.07) is 11.1. The lowest BCUT2D eigenvalue weighted by Gasteiger charge is -2.13. The summed E-state index contributed by atoms with van der Waals surface area (Å²) in [6.45, 7) is 0.420. The molecule has 2 aromatic rings. The molecule has 1 aromatic heterocycles. The zero-order valence-corrected chi connectivity index (χ0v) is 14.5. The Balaban J connectivity index is 1.96. The molecule has 0 bridgehead atoms. The monoisotopic (exact) mass is 344 g/mol. The third kappa shape index (κ3) is 5.65. The number of nitrogens with zero attached hydrogens (tertiary/aromatic N) is 2. The molecule has 0 aliphatic carbocycles. The highest BCUT2D eigenvalue weighted by Gasteiger charge is 2.10. The van der Waals surface area contributed by atoms with Gasteiger partial charge in [0.05, 0.1) is 14.2 Å². The van der Waals surface area contributed by atoms with E-state index in [-0.39, 0.29) is 18.5 Å². The fourth-order valence-electron chi connectivity index (χ4n) is 2.33. The van der Waals surface area contributed by atoms with Gasteiger partial charge in [0.25, 0.3) is 0 Å². The van der Waals surface area contributed by atoms with Gasteiger partial charge in [0.1, 0.15) is 0 Å². The summed E-state index contributed by atoms with van der Waals surface area (Å²) in [6.07, 6.45) is 2.38. The molecule has 0 fully saturated rings. The average Bonchev–Trinajstić information content (AvgIpc) is 2.65. The molecule has 25 heavy (non-hydrogen) atoms. The molecule has 7 heteroatoms. The maximum atomic E-state index is 9.53. The van der Waals surface area contributed by atoms with E-state index in [1.807, 2.05) is 24.3 Å². The minimum atomic E-state index is -0.0411. The first-order valence-electron chi connectivity index (χ1n) is 7.96. The first-order valence-corrected chi connectivity index (χ1v) is 7.96. The van der Waals surface area contributed by atoms with Gasteiger partial charge in [-0.2, -0.15) is 0 Å². The number of aliphatic imine (C=N–C) groups is 1. The average molecular weight is 344 g/mol. The minimum Gasteiger partial charge on any atom is -0.493 e. The van der Waals surface area contributed by atoms with E-state index in [1.165, 1.54) is 0 Å². The topological polar surface area (TPSA) is 102 Å². The third-order valence-corrected chi connectivity index (χ3v) is 3.66. The zero-order valence-electron chi connectivity index (χ0n) is 14.5. The number of guanidine groups is 1. The molecular formula is C18H24N4O3. The maximum Gasteiger partial charge on any atom is 0.193 e. The van der Waals surface area contributed by atoms with Gasteiger partial charge in [-0.1, -0.05) is 6.07 Å². The van der Waals surface area contributed by atoms with Crippen molar-refractivity contribution in [1.29, 1.82) is 0 Å². The Morgan fingerprint density at radius 2 is 2.04 bits per heavy atom. The van der Waals surface area contributed by atoms with Gasteiger partial charge in [0, 0.05) is 42.7 Å². The highest BCUT2D eigenvalue weighted by molar-refractivity contribution is 5.92. The molecule has 1 heterocycles. The van der Waals surface area contributed by atoms with E-state index in [4.69, 9.17) is 15.2 Å². The fraction of sp³-hybridized carbons (Fsp3) is 0.333. The molecule has 0 saturated heterocycles. The first-order chi connectivity index (χ1) is 12.2. The van der Waals surface area contributed by atoms with Crippen molar-refractivity contribution < 1.29 is 14.6 Å². The van der Waals surface area contributed by atoms with E-state index >= 15 is 0 Å². The molecule has 0 spiro atoms. The van der Waals surface area contributed by atoms with E-state index in [1.54, 1.807) is 32.5 Å². The number of nitrogens with two attached hydrogens (primary N) is 1. The summed E-state index contributed by atoms with van der Waals surface area (Å²) in [5, 5.41) is 12.5. The number of aromatic nitrogens is 1. The van der Waals surface area contributed by atoms with Crippen molar-refractivity contribution in [3.05, 3.63) is 48.3 Å². The normalized spacial score (nSPS) is 12.5. The second-order valence-corrected chi connectivity index (χ2v) is 5.49. The number of aliphatic hydroxyl groups excluding tert-OH is 1. The Morgan fingerprint density at radius 1 is 1.24 bits per heavy atom. The van der Waals surface area contributed by atoms with Crippen molar-refractivity contribution in [3.63, 3.8) is 0 Å². The van der Waals surface area contributed by atoms with E-state index < -0.39 is 0 Å². The number of benzene rings is 1. The molecule has 7 nitrogen and oxygen atoms in total. The number of aliphatic hydroxyl groups is 1. The van der Waals surface area contributed by atoms with E-state index in [0.717, 1.165) is 11.4 Å². The molecule has 0 amide bonds. The van der Waals surface area contributed by atoms with Crippen molar-refractivity contribution in [2.45, 2.75) is 6.42 Å². The van der Waals surface area contributed by atoms with Crippen LogP contribution in [0, 0.1) is 5.92 Å². The highest BCUT2D eigenvalue weighted by Crippen LogP contribution is 2.29. The number of hydrogen-bond donors (Lipinski definition) is 3. The van der Waals surface area contributed by atoms with Gasteiger partial charge in [-0.05, 0) is 30.7 Å². The van der Waals surface area contributed by atoms with Crippen LogP contribution in [-0.2, 0) is 6.42 Å². The molecule has 4 N–H and O–H groups in total. The van der Waals surface area contributed by atoms with Crippen LogP contribution in [0.15, 0.2) is 47.6 Å². The lowest BCUT2D eigenvalue weighted by Crippen LogP contribution is -2.25. The number of ether oxygens (including phenoxy) is 2. The number of nitrogens with one attached hydrogen (secondary N) is 1. The van der Waals surface area contributed by atoms with Crippen LogP contribution in [-0.4, -0.2) is 43.4 Å². The van der Waals surface area contributed by atoms with Crippen LogP contribution in [0.1, 0.15) is 5.69 Å². The van der Waals surface area contributed by atoms with Gasteiger partial charge in [-0.25, -0.2) is 0 Å². The second-order valence-electron chi connectivity index (χ2n) is 5.49. The summed E-state index contributed by atoms with van der Waals surface area (Å²) in [4.78, 5) is 8.57. The quantitative estimate of drug-likeness (QED) is 0.497. The van der Waals surface area contributed by atoms with Crippen LogP contribution in [0.3, 0.4) is 0 Å². The Labute approximate surface area is 147 Å². The van der Waals surface area contributed by atoms with Gasteiger partial charge in [-0.3, -0.25) is 9.98 Å². The smallest absolute Gasteiger partial charge is 0.193 e. The zero-order chi connectivity index (χ0) is 18.1. The van der Waals surface area contributed by atoms with Crippen LogP contribution in [0.4, 0.5) is 5.69 Å². The Morgan fingerprint density at radius 3 is 2.68 bits per heavy atom. The van der Waals surface area contributed by atoms with E-state index in [0.29, 0.717) is 24.5 Å². The fourth-order valence-corrected chi connectivity index (χ4v) is 2.33. The number of rotatable bonds is 8. The molecule has 1 aromatic carbocycles. The standard InChI is InChI=1S/C18H24N4O3/c1-24-16-7-6-15(10-17(16)25-2)22-18(19)21-11-13(12-23)9-14-5-3-4-8-20-14/h3-8,10,13,23H,9,11-12H2,1-2H3,(H3,19,21,22). The van der Waals surface area contributed by atoms with Crippen LogP contribution in [0.2, 0.25) is 0 Å². The van der Waals surface area contributed by atoms with Gasteiger partial charge in [0.2, 0.25) is 0 Å². The molecule has 1 atom stereocenters. The maximum absolute atomic E-state index is 9.53. The molecule has 0 radical (unpaired) electrons. The van der Waals surface area contributed by atoms with Gasteiger partial charge >= 0.3 is 0 Å². The summed E-state index contributed by atoms with van der Waals surface area (Å²) in [5.74, 6) is 1.47. The first kappa shape index (κ1) is 18.5. The summed E-state index contributed by atoms with van der Waals surface area (Å²) in [5.41, 5.74) is 7.59.